The minimum Gasteiger partial charge on any atom is -0.493 e. The van der Waals surface area contributed by atoms with Crippen molar-refractivity contribution in [2.45, 2.75) is 26.3 Å². The van der Waals surface area contributed by atoms with Gasteiger partial charge in [-0.1, -0.05) is 25.1 Å². The smallest absolute Gasteiger partial charge is 0.278 e. The first-order valence-corrected chi connectivity index (χ1v) is 10.7. The molecule has 0 aliphatic carbocycles. The van der Waals surface area contributed by atoms with Crippen molar-refractivity contribution >= 4 is 17.4 Å². The number of piperidine rings is 1. The highest BCUT2D eigenvalue weighted by molar-refractivity contribution is 6.35. The zero-order valence-corrected chi connectivity index (χ0v) is 18.6. The molecule has 6 nitrogen and oxygen atoms in total. The molecule has 2 aromatic rings. The highest BCUT2D eigenvalue weighted by atomic mass is 19.1. The largest absolute Gasteiger partial charge is 0.493 e. The van der Waals surface area contributed by atoms with Gasteiger partial charge in [0.05, 0.1) is 26.3 Å². The molecule has 0 unspecified atom stereocenters. The summed E-state index contributed by atoms with van der Waals surface area (Å²) in [5, 5.41) is 0. The van der Waals surface area contributed by atoms with Gasteiger partial charge in [-0.2, -0.15) is 0 Å². The van der Waals surface area contributed by atoms with Gasteiger partial charge in [0, 0.05) is 13.1 Å². The summed E-state index contributed by atoms with van der Waals surface area (Å²) in [6, 6.07) is 11.1. The number of halogens is 1. The van der Waals surface area contributed by atoms with Gasteiger partial charge < -0.3 is 14.4 Å². The van der Waals surface area contributed by atoms with Crippen LogP contribution in [-0.4, -0.2) is 48.9 Å². The quantitative estimate of drug-likeness (QED) is 0.641. The summed E-state index contributed by atoms with van der Waals surface area (Å²) in [7, 11) is 3.09. The van der Waals surface area contributed by atoms with Gasteiger partial charge in [-0.05, 0) is 54.2 Å². The van der Waals surface area contributed by atoms with Crippen LogP contribution in [0.3, 0.4) is 0 Å². The number of likely N-dealkylation sites (tertiary alicyclic amines) is 1. The van der Waals surface area contributed by atoms with E-state index in [0.717, 1.165) is 18.4 Å². The number of carbonyl (C=O) groups is 2. The third kappa shape index (κ3) is 4.07. The Balaban J connectivity index is 1.69. The van der Waals surface area contributed by atoms with Crippen LogP contribution in [-0.2, 0) is 16.1 Å². The number of amides is 2. The molecule has 2 amide bonds. The van der Waals surface area contributed by atoms with E-state index >= 15 is 0 Å². The molecule has 1 fully saturated rings. The highest BCUT2D eigenvalue weighted by Crippen LogP contribution is 2.35. The van der Waals surface area contributed by atoms with E-state index in [1.54, 1.807) is 37.4 Å². The van der Waals surface area contributed by atoms with Gasteiger partial charge in [-0.3, -0.25) is 14.5 Å². The zero-order chi connectivity index (χ0) is 22.8. The first-order chi connectivity index (χ1) is 15.4. The molecule has 1 saturated heterocycles. The lowest BCUT2D eigenvalue weighted by atomic mass is 9.97. The maximum atomic E-state index is 13.5. The molecule has 0 atom stereocenters. The molecule has 168 valence electrons. The predicted molar refractivity (Wildman–Crippen MR) is 118 cm³/mol. The van der Waals surface area contributed by atoms with Gasteiger partial charge in [-0.15, -0.1) is 0 Å². The average molecular weight is 438 g/mol. The third-order valence-corrected chi connectivity index (χ3v) is 6.16. The summed E-state index contributed by atoms with van der Waals surface area (Å²) in [6.07, 6.45) is 1.91. The summed E-state index contributed by atoms with van der Waals surface area (Å²) in [6.45, 7) is 3.73. The van der Waals surface area contributed by atoms with Crippen LogP contribution in [0.25, 0.3) is 5.57 Å². The highest BCUT2D eigenvalue weighted by Gasteiger charge is 2.42. The summed E-state index contributed by atoms with van der Waals surface area (Å²) in [5.41, 5.74) is 2.04. The third-order valence-electron chi connectivity index (χ3n) is 6.16. The molecule has 0 saturated carbocycles. The van der Waals surface area contributed by atoms with Crippen LogP contribution in [0.4, 0.5) is 4.39 Å². The molecule has 0 aromatic heterocycles. The van der Waals surface area contributed by atoms with Crippen molar-refractivity contribution in [1.82, 2.24) is 9.80 Å². The maximum absolute atomic E-state index is 13.5. The number of nitrogens with zero attached hydrogens (tertiary/aromatic N) is 2. The minimum absolute atomic E-state index is 0.108. The SMILES string of the molecule is COc1ccc(CN2C(=O)C(c3ccc(F)cc3)=C(N3CCC(C)CC3)C2=O)cc1OC. The maximum Gasteiger partial charge on any atom is 0.278 e. The summed E-state index contributed by atoms with van der Waals surface area (Å²) in [5.74, 6) is 0.603. The van der Waals surface area contributed by atoms with Gasteiger partial charge in [-0.25, -0.2) is 4.39 Å². The molecule has 4 rings (SSSR count). The summed E-state index contributed by atoms with van der Waals surface area (Å²) >= 11 is 0. The van der Waals surface area contributed by atoms with E-state index in [-0.39, 0.29) is 24.2 Å². The van der Waals surface area contributed by atoms with Crippen molar-refractivity contribution in [3.8, 4) is 11.5 Å². The second-order valence-corrected chi connectivity index (χ2v) is 8.29. The normalized spacial score (nSPS) is 17.4. The molecule has 7 heteroatoms. The number of benzene rings is 2. The Morgan fingerprint density at radius 1 is 0.938 bits per heavy atom. The van der Waals surface area contributed by atoms with E-state index < -0.39 is 0 Å². The first kappa shape index (κ1) is 21.9. The predicted octanol–water partition coefficient (Wildman–Crippen LogP) is 3.85. The van der Waals surface area contributed by atoms with Crippen molar-refractivity contribution in [3.05, 3.63) is 65.1 Å². The molecule has 32 heavy (non-hydrogen) atoms. The van der Waals surface area contributed by atoms with Crippen LogP contribution in [0.2, 0.25) is 0 Å². The Hall–Kier alpha value is -3.35. The molecule has 0 spiro atoms. The Bertz CT molecular complexity index is 1060. The molecule has 2 aliphatic rings. The Morgan fingerprint density at radius 3 is 2.22 bits per heavy atom. The number of hydrogen-bond acceptors (Lipinski definition) is 5. The fourth-order valence-corrected chi connectivity index (χ4v) is 4.27. The van der Waals surface area contributed by atoms with E-state index in [9.17, 15) is 14.0 Å². The van der Waals surface area contributed by atoms with Crippen LogP contribution < -0.4 is 9.47 Å². The number of rotatable bonds is 6. The molecule has 0 bridgehead atoms. The first-order valence-electron chi connectivity index (χ1n) is 10.7. The van der Waals surface area contributed by atoms with Gasteiger partial charge in [0.15, 0.2) is 11.5 Å². The van der Waals surface area contributed by atoms with Crippen LogP contribution >= 0.6 is 0 Å². The van der Waals surface area contributed by atoms with Gasteiger partial charge in [0.1, 0.15) is 11.5 Å². The topological polar surface area (TPSA) is 59.1 Å². The van der Waals surface area contributed by atoms with E-state index in [1.165, 1.54) is 24.1 Å². The lowest BCUT2D eigenvalue weighted by molar-refractivity contribution is -0.138. The molecule has 2 heterocycles. The van der Waals surface area contributed by atoms with Gasteiger partial charge >= 0.3 is 0 Å². The fraction of sp³-hybridized carbons (Fsp3) is 0.360. The lowest BCUT2D eigenvalue weighted by Crippen LogP contribution is -2.38. The number of methoxy groups -OCH3 is 2. The van der Waals surface area contributed by atoms with Crippen LogP contribution in [0.1, 0.15) is 30.9 Å². The second-order valence-electron chi connectivity index (χ2n) is 8.29. The molecule has 0 radical (unpaired) electrons. The Kier molecular flexibility index (Phi) is 6.17. The number of carbonyl (C=O) groups excluding carboxylic acids is 2. The van der Waals surface area contributed by atoms with Crippen LogP contribution in [0.5, 0.6) is 11.5 Å². The van der Waals surface area contributed by atoms with Gasteiger partial charge in [0.25, 0.3) is 11.8 Å². The number of imide groups is 1. The van der Waals surface area contributed by atoms with Crippen molar-refractivity contribution in [3.63, 3.8) is 0 Å². The van der Waals surface area contributed by atoms with Crippen molar-refractivity contribution < 1.29 is 23.5 Å². The Labute approximate surface area is 187 Å². The number of hydrogen-bond donors (Lipinski definition) is 0. The van der Waals surface area contributed by atoms with E-state index in [4.69, 9.17) is 9.47 Å². The Morgan fingerprint density at radius 2 is 1.59 bits per heavy atom. The molecular weight excluding hydrogens is 411 g/mol. The fourth-order valence-electron chi connectivity index (χ4n) is 4.27. The minimum atomic E-state index is -0.387. The van der Waals surface area contributed by atoms with E-state index in [2.05, 4.69) is 6.92 Å². The zero-order valence-electron chi connectivity index (χ0n) is 18.6. The molecular formula is C25H27FN2O4. The van der Waals surface area contributed by atoms with Crippen molar-refractivity contribution in [2.75, 3.05) is 27.3 Å². The monoisotopic (exact) mass is 438 g/mol. The standard InChI is InChI=1S/C25H27FN2O4/c1-16-10-12-27(13-11-16)23-22(18-5-7-19(26)8-6-18)24(29)28(25(23)30)15-17-4-9-20(31-2)21(14-17)32-3/h4-9,14,16H,10-13,15H2,1-3H3. The van der Waals surface area contributed by atoms with E-state index in [0.29, 0.717) is 47.3 Å². The molecule has 2 aromatic carbocycles. The van der Waals surface area contributed by atoms with Crippen molar-refractivity contribution in [2.24, 2.45) is 5.92 Å². The second kappa shape index (κ2) is 9.02. The summed E-state index contributed by atoms with van der Waals surface area (Å²) < 4.78 is 24.2. The summed E-state index contributed by atoms with van der Waals surface area (Å²) in [4.78, 5) is 30.2. The average Bonchev–Trinajstić information content (AvgIpc) is 3.05. The van der Waals surface area contributed by atoms with Crippen LogP contribution in [0, 0.1) is 11.7 Å². The molecule has 0 N–H and O–H groups in total. The molecule has 2 aliphatic heterocycles. The van der Waals surface area contributed by atoms with E-state index in [1.807, 2.05) is 4.90 Å². The van der Waals surface area contributed by atoms with Crippen LogP contribution in [0.15, 0.2) is 48.2 Å². The van der Waals surface area contributed by atoms with Gasteiger partial charge in [0.2, 0.25) is 0 Å². The number of ether oxygens (including phenoxy) is 2. The van der Waals surface area contributed by atoms with Crippen molar-refractivity contribution in [1.29, 1.82) is 0 Å². The lowest BCUT2D eigenvalue weighted by Gasteiger charge is -2.32.